The number of benzene rings is 1. The molecule has 1 rings (SSSR count). The third-order valence-electron chi connectivity index (χ3n) is 2.78. The van der Waals surface area contributed by atoms with Crippen molar-refractivity contribution in [2.75, 3.05) is 11.6 Å². The Morgan fingerprint density at radius 3 is 2.65 bits per heavy atom. The lowest BCUT2D eigenvalue weighted by molar-refractivity contribution is -0.116. The molecule has 1 amide bonds. The smallest absolute Gasteiger partial charge is 0.226 e. The molecule has 0 aliphatic carbocycles. The van der Waals surface area contributed by atoms with Crippen molar-refractivity contribution in [2.24, 2.45) is 5.73 Å². The fourth-order valence-electron chi connectivity index (χ4n) is 1.76. The van der Waals surface area contributed by atoms with Crippen LogP contribution in [0.4, 0.5) is 5.69 Å². The number of hydrogen-bond donors (Lipinski definition) is 3. The van der Waals surface area contributed by atoms with Gasteiger partial charge in [0.2, 0.25) is 5.91 Å². The Morgan fingerprint density at radius 1 is 1.45 bits per heavy atom. The fourth-order valence-corrected chi connectivity index (χ4v) is 2.41. The first-order valence-electron chi connectivity index (χ1n) is 6.32. The van der Waals surface area contributed by atoms with E-state index in [1.54, 1.807) is 0 Å². The van der Waals surface area contributed by atoms with E-state index in [2.05, 4.69) is 5.32 Å². The molecule has 7 heteroatoms. The van der Waals surface area contributed by atoms with Gasteiger partial charge in [-0.05, 0) is 24.6 Å². The molecule has 1 aromatic rings. The van der Waals surface area contributed by atoms with Gasteiger partial charge in [-0.2, -0.15) is 0 Å². The van der Waals surface area contributed by atoms with Gasteiger partial charge in [0, 0.05) is 18.7 Å². The van der Waals surface area contributed by atoms with E-state index in [1.807, 2.05) is 6.92 Å². The van der Waals surface area contributed by atoms with Gasteiger partial charge in [-0.25, -0.2) is 8.42 Å². The van der Waals surface area contributed by atoms with E-state index in [4.69, 9.17) is 5.73 Å². The summed E-state index contributed by atoms with van der Waals surface area (Å²) in [6.45, 7) is 1.97. The molecule has 6 nitrogen and oxygen atoms in total. The molecule has 0 fully saturated rings. The van der Waals surface area contributed by atoms with Gasteiger partial charge in [-0.1, -0.05) is 13.3 Å². The van der Waals surface area contributed by atoms with Gasteiger partial charge < -0.3 is 16.2 Å². The minimum atomic E-state index is -3.40. The summed E-state index contributed by atoms with van der Waals surface area (Å²) in [5.41, 5.74) is 5.83. The molecule has 0 aliphatic rings. The quantitative estimate of drug-likeness (QED) is 0.685. The maximum atomic E-state index is 11.8. The molecule has 0 saturated heterocycles. The van der Waals surface area contributed by atoms with Gasteiger partial charge in [0.25, 0.3) is 0 Å². The molecule has 112 valence electrons. The summed E-state index contributed by atoms with van der Waals surface area (Å²) in [6, 6.07) is 3.50. The van der Waals surface area contributed by atoms with Gasteiger partial charge in [0.15, 0.2) is 9.84 Å². The van der Waals surface area contributed by atoms with E-state index in [-0.39, 0.29) is 34.7 Å². The number of nitrogens with one attached hydrogen (secondary N) is 1. The predicted octanol–water partition coefficient (Wildman–Crippen LogP) is 1.25. The Morgan fingerprint density at radius 2 is 2.10 bits per heavy atom. The third-order valence-corrected chi connectivity index (χ3v) is 3.89. The molecule has 0 aliphatic heterocycles. The van der Waals surface area contributed by atoms with Crippen LogP contribution in [0.5, 0.6) is 5.75 Å². The molecular weight excluding hydrogens is 280 g/mol. The molecule has 1 unspecified atom stereocenters. The lowest BCUT2D eigenvalue weighted by Gasteiger charge is -2.12. The minimum absolute atomic E-state index is 0.0310. The average Bonchev–Trinajstić information content (AvgIpc) is 2.30. The summed E-state index contributed by atoms with van der Waals surface area (Å²) < 4.78 is 22.9. The van der Waals surface area contributed by atoms with E-state index >= 15 is 0 Å². The van der Waals surface area contributed by atoms with Crippen LogP contribution in [0.3, 0.4) is 0 Å². The Bertz CT molecular complexity index is 584. The van der Waals surface area contributed by atoms with Crippen LogP contribution in [-0.4, -0.2) is 31.7 Å². The first kappa shape index (κ1) is 16.5. The first-order chi connectivity index (χ1) is 9.24. The van der Waals surface area contributed by atoms with Crippen molar-refractivity contribution < 1.29 is 18.3 Å². The van der Waals surface area contributed by atoms with Gasteiger partial charge in [-0.15, -0.1) is 0 Å². The van der Waals surface area contributed by atoms with Crippen molar-refractivity contribution in [3.05, 3.63) is 18.2 Å². The zero-order chi connectivity index (χ0) is 15.3. The number of anilines is 1. The van der Waals surface area contributed by atoms with Crippen LogP contribution in [0.15, 0.2) is 23.1 Å². The second-order valence-corrected chi connectivity index (χ2v) is 6.77. The van der Waals surface area contributed by atoms with Gasteiger partial charge in [0.1, 0.15) is 5.75 Å². The van der Waals surface area contributed by atoms with Crippen molar-refractivity contribution >= 4 is 21.4 Å². The summed E-state index contributed by atoms with van der Waals surface area (Å²) in [5.74, 6) is -0.540. The second-order valence-electron chi connectivity index (χ2n) is 4.75. The van der Waals surface area contributed by atoms with Crippen LogP contribution in [0, 0.1) is 0 Å². The van der Waals surface area contributed by atoms with E-state index in [0.717, 1.165) is 19.1 Å². The molecule has 0 bridgehead atoms. The molecule has 0 radical (unpaired) electrons. The third kappa shape index (κ3) is 4.82. The summed E-state index contributed by atoms with van der Waals surface area (Å²) in [5, 5.41) is 12.1. The van der Waals surface area contributed by atoms with Crippen LogP contribution < -0.4 is 11.1 Å². The molecule has 1 atom stereocenters. The minimum Gasteiger partial charge on any atom is -0.506 e. The highest BCUT2D eigenvalue weighted by molar-refractivity contribution is 7.90. The Hall–Kier alpha value is -1.60. The van der Waals surface area contributed by atoms with Crippen LogP contribution >= 0.6 is 0 Å². The summed E-state index contributed by atoms with van der Waals surface area (Å²) in [6.07, 6.45) is 2.78. The van der Waals surface area contributed by atoms with E-state index in [9.17, 15) is 18.3 Å². The number of phenols is 1. The lowest BCUT2D eigenvalue weighted by atomic mass is 10.1. The number of sulfone groups is 1. The van der Waals surface area contributed by atoms with Gasteiger partial charge in [0.05, 0.1) is 10.6 Å². The van der Waals surface area contributed by atoms with Crippen LogP contribution in [0.1, 0.15) is 26.2 Å². The van der Waals surface area contributed by atoms with Crippen LogP contribution in [0.2, 0.25) is 0 Å². The van der Waals surface area contributed by atoms with E-state index in [1.165, 1.54) is 18.2 Å². The Labute approximate surface area is 118 Å². The standard InChI is InChI=1S/C13H20N2O4S/c1-3-4-9(14)7-13(17)15-11-8-10(20(2,18)19)5-6-12(11)16/h5-6,8-9,16H,3-4,7,14H2,1-2H3,(H,15,17). The average molecular weight is 300 g/mol. The maximum absolute atomic E-state index is 11.8. The Balaban J connectivity index is 2.84. The number of carbonyl (C=O) groups excluding carboxylic acids is 1. The van der Waals surface area contributed by atoms with Crippen molar-refractivity contribution in [1.82, 2.24) is 0 Å². The number of amides is 1. The molecule has 0 saturated carbocycles. The highest BCUT2D eigenvalue weighted by atomic mass is 32.2. The topological polar surface area (TPSA) is 109 Å². The van der Waals surface area contributed by atoms with Crippen molar-refractivity contribution in [3.63, 3.8) is 0 Å². The molecule has 0 spiro atoms. The van der Waals surface area contributed by atoms with Crippen molar-refractivity contribution in [2.45, 2.75) is 37.1 Å². The summed E-state index contributed by atoms with van der Waals surface area (Å²) >= 11 is 0. The zero-order valence-electron chi connectivity index (χ0n) is 11.6. The normalized spacial score (nSPS) is 12.9. The number of carbonyl (C=O) groups is 1. The van der Waals surface area contributed by atoms with E-state index < -0.39 is 9.84 Å². The number of phenolic OH excluding ortho intramolecular Hbond substituents is 1. The fraction of sp³-hybridized carbons (Fsp3) is 0.462. The van der Waals surface area contributed by atoms with Crippen LogP contribution in [0.25, 0.3) is 0 Å². The van der Waals surface area contributed by atoms with Crippen molar-refractivity contribution in [3.8, 4) is 5.75 Å². The monoisotopic (exact) mass is 300 g/mol. The van der Waals surface area contributed by atoms with Gasteiger partial charge >= 0.3 is 0 Å². The van der Waals surface area contributed by atoms with Crippen molar-refractivity contribution in [1.29, 1.82) is 0 Å². The molecule has 0 heterocycles. The molecule has 4 N–H and O–H groups in total. The van der Waals surface area contributed by atoms with Crippen LogP contribution in [-0.2, 0) is 14.6 Å². The SMILES string of the molecule is CCCC(N)CC(=O)Nc1cc(S(C)(=O)=O)ccc1O. The molecule has 20 heavy (non-hydrogen) atoms. The highest BCUT2D eigenvalue weighted by Gasteiger charge is 2.14. The maximum Gasteiger partial charge on any atom is 0.226 e. The second kappa shape index (κ2) is 6.71. The summed E-state index contributed by atoms with van der Waals surface area (Å²) in [7, 11) is -3.40. The number of hydrogen-bond acceptors (Lipinski definition) is 5. The molecular formula is C13H20N2O4S. The summed E-state index contributed by atoms with van der Waals surface area (Å²) in [4.78, 5) is 11.8. The first-order valence-corrected chi connectivity index (χ1v) is 8.21. The number of aromatic hydroxyl groups is 1. The largest absolute Gasteiger partial charge is 0.506 e. The number of rotatable bonds is 6. The van der Waals surface area contributed by atoms with Gasteiger partial charge in [-0.3, -0.25) is 4.79 Å². The zero-order valence-corrected chi connectivity index (χ0v) is 12.4. The number of nitrogens with two attached hydrogens (primary N) is 1. The lowest BCUT2D eigenvalue weighted by Crippen LogP contribution is -2.26. The van der Waals surface area contributed by atoms with E-state index in [0.29, 0.717) is 0 Å². The highest BCUT2D eigenvalue weighted by Crippen LogP contribution is 2.26. The molecule has 0 aromatic heterocycles. The predicted molar refractivity (Wildman–Crippen MR) is 77.3 cm³/mol. The Kier molecular flexibility index (Phi) is 5.52. The molecule has 1 aromatic carbocycles.